The van der Waals surface area contributed by atoms with E-state index in [1.54, 1.807) is 10.9 Å². The standard InChI is InChI=1S/C14H14N4O/c1-3-10-4-6-11(7-5-10)19-14-12-8-17-18(2)13(12)15-9-16-14/h4-9H,3H2,1-2H3. The molecule has 0 unspecified atom stereocenters. The van der Waals surface area contributed by atoms with E-state index >= 15 is 0 Å². The third kappa shape index (κ3) is 2.14. The van der Waals surface area contributed by atoms with Crippen LogP contribution in [0.25, 0.3) is 11.0 Å². The summed E-state index contributed by atoms with van der Waals surface area (Å²) in [6.45, 7) is 2.12. The highest BCUT2D eigenvalue weighted by Gasteiger charge is 2.09. The minimum Gasteiger partial charge on any atom is -0.438 e. The number of fused-ring (bicyclic) bond motifs is 1. The summed E-state index contributed by atoms with van der Waals surface area (Å²) >= 11 is 0. The fourth-order valence-corrected chi connectivity index (χ4v) is 1.93. The molecule has 3 rings (SSSR count). The average molecular weight is 254 g/mol. The number of rotatable bonds is 3. The predicted octanol–water partition coefficient (Wildman–Crippen LogP) is 2.72. The Morgan fingerprint density at radius 3 is 2.68 bits per heavy atom. The average Bonchev–Trinajstić information content (AvgIpc) is 2.83. The van der Waals surface area contributed by atoms with Gasteiger partial charge in [-0.2, -0.15) is 5.10 Å². The van der Waals surface area contributed by atoms with Crippen LogP contribution in [-0.4, -0.2) is 19.7 Å². The molecule has 0 radical (unpaired) electrons. The summed E-state index contributed by atoms with van der Waals surface area (Å²) in [6.07, 6.45) is 4.21. The topological polar surface area (TPSA) is 52.8 Å². The minimum absolute atomic E-state index is 0.530. The summed E-state index contributed by atoms with van der Waals surface area (Å²) < 4.78 is 7.50. The molecule has 0 aliphatic carbocycles. The zero-order valence-electron chi connectivity index (χ0n) is 10.9. The fourth-order valence-electron chi connectivity index (χ4n) is 1.93. The van der Waals surface area contributed by atoms with Gasteiger partial charge in [-0.3, -0.25) is 4.68 Å². The van der Waals surface area contributed by atoms with Crippen molar-refractivity contribution in [2.24, 2.45) is 7.05 Å². The molecule has 0 amide bonds. The minimum atomic E-state index is 0.530. The van der Waals surface area contributed by atoms with Crippen molar-refractivity contribution in [2.45, 2.75) is 13.3 Å². The number of aromatic nitrogens is 4. The highest BCUT2D eigenvalue weighted by molar-refractivity contribution is 5.79. The number of hydrogen-bond donors (Lipinski definition) is 0. The first-order valence-corrected chi connectivity index (χ1v) is 6.17. The lowest BCUT2D eigenvalue weighted by atomic mass is 10.2. The van der Waals surface area contributed by atoms with Gasteiger partial charge in [0.15, 0.2) is 5.65 Å². The molecule has 0 fully saturated rings. The Morgan fingerprint density at radius 2 is 1.95 bits per heavy atom. The van der Waals surface area contributed by atoms with E-state index in [1.165, 1.54) is 11.9 Å². The van der Waals surface area contributed by atoms with E-state index < -0.39 is 0 Å². The highest BCUT2D eigenvalue weighted by Crippen LogP contribution is 2.26. The summed E-state index contributed by atoms with van der Waals surface area (Å²) in [6, 6.07) is 8.00. The number of aryl methyl sites for hydroxylation is 2. The maximum Gasteiger partial charge on any atom is 0.233 e. The molecule has 0 aliphatic heterocycles. The SMILES string of the molecule is CCc1ccc(Oc2ncnc3c2cnn3C)cc1. The van der Waals surface area contributed by atoms with Crippen LogP contribution in [0.4, 0.5) is 0 Å². The van der Waals surface area contributed by atoms with Crippen molar-refractivity contribution < 1.29 is 4.74 Å². The molecular weight excluding hydrogens is 240 g/mol. The maximum absolute atomic E-state index is 5.80. The van der Waals surface area contributed by atoms with E-state index in [-0.39, 0.29) is 0 Å². The lowest BCUT2D eigenvalue weighted by Crippen LogP contribution is -1.94. The molecule has 0 saturated carbocycles. The van der Waals surface area contributed by atoms with Crippen molar-refractivity contribution >= 4 is 11.0 Å². The van der Waals surface area contributed by atoms with Crippen LogP contribution in [0.3, 0.4) is 0 Å². The summed E-state index contributed by atoms with van der Waals surface area (Å²) in [5.74, 6) is 1.29. The van der Waals surface area contributed by atoms with Crippen molar-refractivity contribution in [2.75, 3.05) is 0 Å². The quantitative estimate of drug-likeness (QED) is 0.721. The Balaban J connectivity index is 1.96. The molecule has 0 spiro atoms. The van der Waals surface area contributed by atoms with Gasteiger partial charge < -0.3 is 4.74 Å². The van der Waals surface area contributed by atoms with Crippen molar-refractivity contribution in [1.29, 1.82) is 0 Å². The number of hydrogen-bond acceptors (Lipinski definition) is 4. The summed E-state index contributed by atoms with van der Waals surface area (Å²) in [5, 5.41) is 4.97. The van der Waals surface area contributed by atoms with Gasteiger partial charge in [-0.05, 0) is 24.1 Å². The van der Waals surface area contributed by atoms with Crippen LogP contribution < -0.4 is 4.74 Å². The normalized spacial score (nSPS) is 10.8. The second kappa shape index (κ2) is 4.68. The number of benzene rings is 1. The van der Waals surface area contributed by atoms with Crippen molar-refractivity contribution in [3.8, 4) is 11.6 Å². The van der Waals surface area contributed by atoms with Gasteiger partial charge in [-0.15, -0.1) is 0 Å². The molecule has 3 aromatic rings. The molecule has 0 saturated heterocycles. The van der Waals surface area contributed by atoms with Crippen LogP contribution in [0, 0.1) is 0 Å². The van der Waals surface area contributed by atoms with Crippen LogP contribution in [0.1, 0.15) is 12.5 Å². The Labute approximate surface area is 110 Å². The summed E-state index contributed by atoms with van der Waals surface area (Å²) in [5.41, 5.74) is 2.04. The predicted molar refractivity (Wildman–Crippen MR) is 72.2 cm³/mol. The Morgan fingerprint density at radius 1 is 1.16 bits per heavy atom. The Bertz CT molecular complexity index is 703. The van der Waals surface area contributed by atoms with Crippen LogP contribution in [-0.2, 0) is 13.5 Å². The zero-order chi connectivity index (χ0) is 13.2. The molecule has 19 heavy (non-hydrogen) atoms. The monoisotopic (exact) mass is 254 g/mol. The van der Waals surface area contributed by atoms with Crippen molar-refractivity contribution in [3.05, 3.63) is 42.4 Å². The van der Waals surface area contributed by atoms with Gasteiger partial charge >= 0.3 is 0 Å². The van der Waals surface area contributed by atoms with E-state index in [4.69, 9.17) is 4.74 Å². The third-order valence-corrected chi connectivity index (χ3v) is 3.04. The largest absolute Gasteiger partial charge is 0.438 e. The van der Waals surface area contributed by atoms with E-state index in [2.05, 4.69) is 34.1 Å². The second-order valence-electron chi connectivity index (χ2n) is 4.28. The Hall–Kier alpha value is -2.43. The van der Waals surface area contributed by atoms with E-state index in [9.17, 15) is 0 Å². The number of nitrogens with zero attached hydrogens (tertiary/aromatic N) is 4. The molecule has 5 heteroatoms. The lowest BCUT2D eigenvalue weighted by Gasteiger charge is -2.06. The molecule has 0 bridgehead atoms. The molecular formula is C14H14N4O. The van der Waals surface area contributed by atoms with Crippen LogP contribution in [0.2, 0.25) is 0 Å². The van der Waals surface area contributed by atoms with Gasteiger partial charge in [-0.1, -0.05) is 19.1 Å². The van der Waals surface area contributed by atoms with Crippen molar-refractivity contribution in [1.82, 2.24) is 19.7 Å². The molecule has 2 heterocycles. The highest BCUT2D eigenvalue weighted by atomic mass is 16.5. The van der Waals surface area contributed by atoms with Crippen LogP contribution in [0.15, 0.2) is 36.8 Å². The van der Waals surface area contributed by atoms with Gasteiger partial charge in [0.05, 0.1) is 6.20 Å². The van der Waals surface area contributed by atoms with Gasteiger partial charge in [-0.25, -0.2) is 9.97 Å². The van der Waals surface area contributed by atoms with Gasteiger partial charge in [0, 0.05) is 7.05 Å². The first-order chi connectivity index (χ1) is 9.28. The summed E-state index contributed by atoms with van der Waals surface area (Å²) in [4.78, 5) is 8.35. The first-order valence-electron chi connectivity index (χ1n) is 6.17. The maximum atomic E-state index is 5.80. The second-order valence-corrected chi connectivity index (χ2v) is 4.28. The first kappa shape index (κ1) is 11.6. The zero-order valence-corrected chi connectivity index (χ0v) is 10.9. The van der Waals surface area contributed by atoms with Crippen molar-refractivity contribution in [3.63, 3.8) is 0 Å². The van der Waals surface area contributed by atoms with Crippen LogP contribution >= 0.6 is 0 Å². The molecule has 2 aromatic heterocycles. The van der Waals surface area contributed by atoms with Gasteiger partial charge in [0.25, 0.3) is 0 Å². The smallest absolute Gasteiger partial charge is 0.233 e. The van der Waals surface area contributed by atoms with E-state index in [0.717, 1.165) is 23.2 Å². The molecule has 0 atom stereocenters. The van der Waals surface area contributed by atoms with E-state index in [1.807, 2.05) is 19.2 Å². The Kier molecular flexibility index (Phi) is 2.87. The molecule has 0 aliphatic rings. The molecule has 0 N–H and O–H groups in total. The lowest BCUT2D eigenvalue weighted by molar-refractivity contribution is 0.468. The van der Waals surface area contributed by atoms with Crippen LogP contribution in [0.5, 0.6) is 11.6 Å². The fraction of sp³-hybridized carbons (Fsp3) is 0.214. The molecule has 1 aromatic carbocycles. The summed E-state index contributed by atoms with van der Waals surface area (Å²) in [7, 11) is 1.84. The molecule has 96 valence electrons. The van der Waals surface area contributed by atoms with Gasteiger partial charge in [0.1, 0.15) is 17.5 Å². The number of ether oxygens (including phenoxy) is 1. The van der Waals surface area contributed by atoms with Gasteiger partial charge in [0.2, 0.25) is 5.88 Å². The third-order valence-electron chi connectivity index (χ3n) is 3.04. The molecule has 5 nitrogen and oxygen atoms in total. The van der Waals surface area contributed by atoms with E-state index in [0.29, 0.717) is 5.88 Å².